The van der Waals surface area contributed by atoms with Crippen molar-refractivity contribution >= 4 is 23.2 Å². The van der Waals surface area contributed by atoms with Crippen LogP contribution in [-0.2, 0) is 0 Å². The molecule has 0 aliphatic rings. The molecule has 0 amide bonds. The van der Waals surface area contributed by atoms with Gasteiger partial charge in [-0.15, -0.1) is 5.10 Å². The van der Waals surface area contributed by atoms with Crippen LogP contribution in [0.2, 0.25) is 5.02 Å². The summed E-state index contributed by atoms with van der Waals surface area (Å²) in [5, 5.41) is 9.07. The van der Waals surface area contributed by atoms with Gasteiger partial charge in [0.15, 0.2) is 5.65 Å². The number of benzene rings is 1. The van der Waals surface area contributed by atoms with Crippen molar-refractivity contribution in [3.63, 3.8) is 0 Å². The van der Waals surface area contributed by atoms with Crippen molar-refractivity contribution in [2.75, 3.05) is 5.73 Å². The lowest BCUT2D eigenvalue weighted by atomic mass is 10.1. The van der Waals surface area contributed by atoms with E-state index < -0.39 is 0 Å². The minimum atomic E-state index is -0.267. The quantitative estimate of drug-likeness (QED) is 0.446. The molecule has 1 aromatic carbocycles. The first-order valence-electron chi connectivity index (χ1n) is 9.57. The normalized spacial score (nSPS) is 12.4. The highest BCUT2D eigenvalue weighted by atomic mass is 35.5. The third-order valence-electron chi connectivity index (χ3n) is 5.12. The van der Waals surface area contributed by atoms with E-state index in [1.165, 1.54) is 12.1 Å². The van der Waals surface area contributed by atoms with Crippen LogP contribution in [0.1, 0.15) is 18.5 Å². The summed E-state index contributed by atoms with van der Waals surface area (Å²) in [4.78, 5) is 8.95. The fraction of sp³-hybridized carbons (Fsp3) is 0.0909. The van der Waals surface area contributed by atoms with E-state index in [1.54, 1.807) is 33.7 Å². The molecule has 31 heavy (non-hydrogen) atoms. The van der Waals surface area contributed by atoms with E-state index in [0.29, 0.717) is 16.4 Å². The van der Waals surface area contributed by atoms with Crippen LogP contribution in [0.3, 0.4) is 0 Å². The molecule has 0 spiro atoms. The highest BCUT2D eigenvalue weighted by molar-refractivity contribution is 6.33. The Balaban J connectivity index is 1.50. The zero-order valence-corrected chi connectivity index (χ0v) is 17.2. The molecule has 0 unspecified atom stereocenters. The molecule has 4 aromatic heterocycles. The van der Waals surface area contributed by atoms with Gasteiger partial charge in [-0.05, 0) is 48.9 Å². The minimum Gasteiger partial charge on any atom is -0.366 e. The van der Waals surface area contributed by atoms with E-state index in [4.69, 9.17) is 22.3 Å². The zero-order chi connectivity index (χ0) is 21.5. The number of halogens is 2. The van der Waals surface area contributed by atoms with Crippen LogP contribution in [0, 0.1) is 5.82 Å². The number of nitrogen functional groups attached to an aromatic ring is 1. The van der Waals surface area contributed by atoms with Crippen LogP contribution in [0.5, 0.6) is 0 Å². The number of nitrogens with zero attached hydrogens (tertiary/aromatic N) is 6. The number of rotatable bonds is 4. The maximum absolute atomic E-state index is 13.2. The fourth-order valence-electron chi connectivity index (χ4n) is 3.43. The van der Waals surface area contributed by atoms with Gasteiger partial charge in [-0.1, -0.05) is 23.7 Å². The van der Waals surface area contributed by atoms with E-state index in [1.807, 2.05) is 37.4 Å². The molecule has 2 N–H and O–H groups in total. The largest absolute Gasteiger partial charge is 0.366 e. The summed E-state index contributed by atoms with van der Waals surface area (Å²) in [5.41, 5.74) is 10.3. The molecule has 0 radical (unpaired) electrons. The number of anilines is 1. The van der Waals surface area contributed by atoms with Crippen LogP contribution >= 0.6 is 11.6 Å². The van der Waals surface area contributed by atoms with E-state index in [9.17, 15) is 4.39 Å². The molecule has 0 saturated heterocycles. The first kappa shape index (κ1) is 19.2. The minimum absolute atomic E-state index is 0.0721. The number of fused-ring (bicyclic) bond motifs is 1. The zero-order valence-electron chi connectivity index (χ0n) is 16.4. The lowest BCUT2D eigenvalue weighted by Gasteiger charge is -2.12. The van der Waals surface area contributed by atoms with E-state index >= 15 is 0 Å². The second-order valence-electron chi connectivity index (χ2n) is 7.15. The Morgan fingerprint density at radius 1 is 1.03 bits per heavy atom. The van der Waals surface area contributed by atoms with Gasteiger partial charge in [0.05, 0.1) is 28.6 Å². The Kier molecular flexibility index (Phi) is 4.63. The van der Waals surface area contributed by atoms with E-state index in [2.05, 4.69) is 15.2 Å². The second kappa shape index (κ2) is 7.48. The average Bonchev–Trinajstić information content (AvgIpc) is 3.39. The molecule has 4 heterocycles. The highest BCUT2D eigenvalue weighted by Gasteiger charge is 2.14. The molecule has 9 heteroatoms. The van der Waals surface area contributed by atoms with Crippen LogP contribution in [0.4, 0.5) is 10.3 Å². The first-order chi connectivity index (χ1) is 15.0. The summed E-state index contributed by atoms with van der Waals surface area (Å²) in [6.07, 6.45) is 5.39. The number of aromatic nitrogens is 6. The van der Waals surface area contributed by atoms with Crippen molar-refractivity contribution in [3.05, 3.63) is 83.5 Å². The fourth-order valence-corrected chi connectivity index (χ4v) is 3.64. The number of nitrogens with two attached hydrogens (primary N) is 1. The Morgan fingerprint density at radius 2 is 1.84 bits per heavy atom. The number of hydrogen-bond donors (Lipinski definition) is 1. The van der Waals surface area contributed by atoms with E-state index in [-0.39, 0.29) is 17.8 Å². The summed E-state index contributed by atoms with van der Waals surface area (Å²) in [7, 11) is 0. The van der Waals surface area contributed by atoms with E-state index in [0.717, 1.165) is 22.4 Å². The Hall–Kier alpha value is -3.78. The Morgan fingerprint density at radius 3 is 2.65 bits per heavy atom. The molecule has 1 atom stereocenters. The second-order valence-corrected chi connectivity index (χ2v) is 7.56. The highest BCUT2D eigenvalue weighted by Crippen LogP contribution is 2.30. The summed E-state index contributed by atoms with van der Waals surface area (Å²) in [5.74, 6) is -0.0542. The lowest BCUT2D eigenvalue weighted by molar-refractivity contribution is 0.561. The topological polar surface area (TPSA) is 86.9 Å². The Labute approximate surface area is 181 Å². The van der Waals surface area contributed by atoms with Crippen molar-refractivity contribution in [3.8, 4) is 22.5 Å². The maximum atomic E-state index is 13.2. The SMILES string of the molecule is C[C@H](c1ccc(F)cc1)n1cc(-c2nc(-c3ccn4nc(N)nc4c3)ccc2Cl)cn1. The van der Waals surface area contributed by atoms with Gasteiger partial charge < -0.3 is 5.73 Å². The molecule has 0 aliphatic carbocycles. The average molecular weight is 434 g/mol. The van der Waals surface area contributed by atoms with Crippen LogP contribution in [0.25, 0.3) is 28.2 Å². The van der Waals surface area contributed by atoms with Gasteiger partial charge >= 0.3 is 0 Å². The Bertz CT molecular complexity index is 1390. The number of hydrogen-bond acceptors (Lipinski definition) is 5. The van der Waals surface area contributed by atoms with Crippen LogP contribution in [0.15, 0.2) is 67.1 Å². The predicted octanol–water partition coefficient (Wildman–Crippen LogP) is 4.64. The monoisotopic (exact) mass is 433 g/mol. The first-order valence-corrected chi connectivity index (χ1v) is 9.94. The molecule has 7 nitrogen and oxygen atoms in total. The van der Waals surface area contributed by atoms with Crippen LogP contribution in [-0.4, -0.2) is 29.4 Å². The summed E-state index contributed by atoms with van der Waals surface area (Å²) in [6.45, 7) is 2.00. The van der Waals surface area contributed by atoms with Gasteiger partial charge in [-0.2, -0.15) is 10.1 Å². The molecule has 5 aromatic rings. The van der Waals surface area contributed by atoms with Crippen molar-refractivity contribution < 1.29 is 4.39 Å². The molecule has 0 aliphatic heterocycles. The van der Waals surface area contributed by atoms with Gasteiger partial charge in [0, 0.05) is 23.5 Å². The van der Waals surface area contributed by atoms with Gasteiger partial charge in [0.2, 0.25) is 5.95 Å². The third-order valence-corrected chi connectivity index (χ3v) is 5.42. The standard InChI is InChI=1S/C22H17ClFN7/c1-13(14-2-4-17(24)5-3-14)31-12-16(11-26-31)21-18(23)6-7-19(27-21)15-8-9-30-20(10-15)28-22(25)29-30/h2-13H,1H3,(H2,25,29)/t13-/m1/s1. The van der Waals surface area contributed by atoms with Gasteiger partial charge in [0.1, 0.15) is 5.82 Å². The predicted molar refractivity (Wildman–Crippen MR) is 117 cm³/mol. The van der Waals surface area contributed by atoms with Crippen LogP contribution < -0.4 is 5.73 Å². The van der Waals surface area contributed by atoms with Crippen molar-refractivity contribution in [1.82, 2.24) is 29.4 Å². The van der Waals surface area contributed by atoms with Gasteiger partial charge in [-0.3, -0.25) is 4.68 Å². The smallest absolute Gasteiger partial charge is 0.240 e. The maximum Gasteiger partial charge on any atom is 0.240 e. The summed E-state index contributed by atoms with van der Waals surface area (Å²) in [6, 6.07) is 13.7. The van der Waals surface area contributed by atoms with Crippen molar-refractivity contribution in [1.29, 1.82) is 0 Å². The molecule has 154 valence electrons. The number of pyridine rings is 2. The molecule has 0 saturated carbocycles. The molecule has 5 rings (SSSR count). The summed E-state index contributed by atoms with van der Waals surface area (Å²) >= 11 is 6.46. The molecular weight excluding hydrogens is 417 g/mol. The summed E-state index contributed by atoms with van der Waals surface area (Å²) < 4.78 is 16.6. The van der Waals surface area contributed by atoms with Gasteiger partial charge in [0.25, 0.3) is 0 Å². The van der Waals surface area contributed by atoms with Crippen molar-refractivity contribution in [2.24, 2.45) is 0 Å². The van der Waals surface area contributed by atoms with Gasteiger partial charge in [-0.25, -0.2) is 13.9 Å². The van der Waals surface area contributed by atoms with Crippen molar-refractivity contribution in [2.45, 2.75) is 13.0 Å². The lowest BCUT2D eigenvalue weighted by Crippen LogP contribution is -2.06. The molecule has 0 fully saturated rings. The molecular formula is C22H17ClFN7. The molecule has 0 bridgehead atoms. The third kappa shape index (κ3) is 3.62.